The number of urea groups is 1. The molecule has 0 saturated carbocycles. The highest BCUT2D eigenvalue weighted by molar-refractivity contribution is 6.01. The van der Waals surface area contributed by atoms with Crippen LogP contribution in [0.1, 0.15) is 34.7 Å². The van der Waals surface area contributed by atoms with Gasteiger partial charge in [-0.05, 0) is 31.2 Å². The summed E-state index contributed by atoms with van der Waals surface area (Å²) in [5.41, 5.74) is 0.295. The first-order valence-corrected chi connectivity index (χ1v) is 13.2. The average molecular weight is 583 g/mol. The van der Waals surface area contributed by atoms with Gasteiger partial charge in [0.1, 0.15) is 29.7 Å². The Kier molecular flexibility index (Phi) is 9.63. The van der Waals surface area contributed by atoms with Gasteiger partial charge in [0.15, 0.2) is 0 Å². The molecule has 3 aromatic rings. The second-order valence-electron chi connectivity index (χ2n) is 10.1. The molecule has 13 heteroatoms. The Morgan fingerprint density at radius 3 is 2.57 bits per heavy atom. The number of methoxy groups -OCH3 is 1. The number of ether oxygens (including phenoxy) is 2. The summed E-state index contributed by atoms with van der Waals surface area (Å²) in [6.45, 7) is 4.29. The van der Waals surface area contributed by atoms with Crippen molar-refractivity contribution >= 4 is 29.2 Å². The largest absolute Gasteiger partial charge is 0.491 e. The van der Waals surface area contributed by atoms with E-state index in [1.54, 1.807) is 19.1 Å². The van der Waals surface area contributed by atoms with Gasteiger partial charge >= 0.3 is 6.03 Å². The molecule has 42 heavy (non-hydrogen) atoms. The second-order valence-corrected chi connectivity index (χ2v) is 10.1. The minimum Gasteiger partial charge on any atom is -0.491 e. The summed E-state index contributed by atoms with van der Waals surface area (Å²) in [5, 5.41) is 4.79. The van der Waals surface area contributed by atoms with Crippen LogP contribution in [0, 0.1) is 17.6 Å². The Hall–Kier alpha value is -4.65. The number of benzene rings is 2. The van der Waals surface area contributed by atoms with Crippen LogP contribution in [0.2, 0.25) is 0 Å². The molecule has 1 aromatic heterocycles. The number of halogens is 2. The predicted molar refractivity (Wildman–Crippen MR) is 150 cm³/mol. The molecule has 2 heterocycles. The Morgan fingerprint density at radius 1 is 1.07 bits per heavy atom. The first kappa shape index (κ1) is 30.3. The molecule has 4 amide bonds. The number of carbonyl (C=O) groups is 3. The Labute approximate surface area is 241 Å². The number of amides is 4. The molecule has 2 aromatic carbocycles. The van der Waals surface area contributed by atoms with Gasteiger partial charge in [0, 0.05) is 63.4 Å². The highest BCUT2D eigenvalue weighted by atomic mass is 19.1. The average Bonchev–Trinajstić information content (AvgIpc) is 2.98. The Morgan fingerprint density at radius 2 is 1.86 bits per heavy atom. The van der Waals surface area contributed by atoms with Crippen molar-refractivity contribution in [1.29, 1.82) is 0 Å². The highest BCUT2D eigenvalue weighted by Gasteiger charge is 2.31. The lowest BCUT2D eigenvalue weighted by Gasteiger charge is -2.35. The van der Waals surface area contributed by atoms with Gasteiger partial charge in [0.25, 0.3) is 11.8 Å². The fourth-order valence-electron chi connectivity index (χ4n) is 4.57. The normalized spacial score (nSPS) is 19.6. The van der Waals surface area contributed by atoms with E-state index in [1.165, 1.54) is 41.7 Å². The predicted octanol–water partition coefficient (Wildman–Crippen LogP) is 4.05. The fraction of sp³-hybridized carbons (Fsp3) is 0.345. The van der Waals surface area contributed by atoms with E-state index in [9.17, 15) is 23.2 Å². The van der Waals surface area contributed by atoms with E-state index >= 15 is 0 Å². The van der Waals surface area contributed by atoms with Gasteiger partial charge in [0.2, 0.25) is 0 Å². The zero-order chi connectivity index (χ0) is 30.4. The topological polar surface area (TPSA) is 126 Å². The molecule has 0 unspecified atom stereocenters. The van der Waals surface area contributed by atoms with Crippen molar-refractivity contribution in [2.24, 2.45) is 5.92 Å². The Bertz CT molecular complexity index is 1440. The van der Waals surface area contributed by atoms with E-state index in [-0.39, 0.29) is 65.4 Å². The molecular formula is C29H32F2N6O5. The quantitative estimate of drug-likeness (QED) is 0.476. The van der Waals surface area contributed by atoms with E-state index in [0.717, 1.165) is 18.2 Å². The number of carbonyl (C=O) groups excluding carboxylic acids is 3. The van der Waals surface area contributed by atoms with Crippen LogP contribution in [0.3, 0.4) is 0 Å². The van der Waals surface area contributed by atoms with Gasteiger partial charge in [-0.15, -0.1) is 0 Å². The minimum atomic E-state index is -0.831. The summed E-state index contributed by atoms with van der Waals surface area (Å²) in [6, 6.07) is 5.84. The molecule has 0 bridgehead atoms. The third kappa shape index (κ3) is 7.16. The standard InChI is InChI=1S/C29H32F2N6O5/c1-17-14-37(28(39)24-13-32-9-10-33-24)18(2)16-42-25-12-20(6-7-21(25)27(38)36(3)15-26(17)41-4)34-29(40)35-23-11-19(30)5-8-22(23)31/h5-13,17-18,26H,14-16H2,1-4H3,(H2,34,35,40)/t17-,18+,26+/m0/s1. The molecule has 0 saturated heterocycles. The van der Waals surface area contributed by atoms with Gasteiger partial charge < -0.3 is 29.9 Å². The maximum atomic E-state index is 14.0. The number of rotatable bonds is 4. The summed E-state index contributed by atoms with van der Waals surface area (Å²) < 4.78 is 39.3. The van der Waals surface area contributed by atoms with Crippen molar-refractivity contribution in [3.63, 3.8) is 0 Å². The monoisotopic (exact) mass is 582 g/mol. The molecule has 1 aliphatic rings. The number of hydrogen-bond acceptors (Lipinski definition) is 7. The summed E-state index contributed by atoms with van der Waals surface area (Å²) in [7, 11) is 3.19. The summed E-state index contributed by atoms with van der Waals surface area (Å²) >= 11 is 0. The van der Waals surface area contributed by atoms with Crippen LogP contribution in [-0.4, -0.2) is 83.6 Å². The number of nitrogens with one attached hydrogen (secondary N) is 2. The molecule has 0 fully saturated rings. The van der Waals surface area contributed by atoms with Crippen LogP contribution < -0.4 is 15.4 Å². The summed E-state index contributed by atoms with van der Waals surface area (Å²) in [6.07, 6.45) is 3.93. The molecule has 4 rings (SSSR count). The smallest absolute Gasteiger partial charge is 0.323 e. The number of fused-ring (bicyclic) bond motifs is 1. The van der Waals surface area contributed by atoms with Gasteiger partial charge in [-0.2, -0.15) is 0 Å². The van der Waals surface area contributed by atoms with Crippen molar-refractivity contribution in [2.75, 3.05) is 44.5 Å². The lowest BCUT2D eigenvalue weighted by molar-refractivity contribution is 0.0109. The summed E-state index contributed by atoms with van der Waals surface area (Å²) in [5.74, 6) is -2.19. The van der Waals surface area contributed by atoms with E-state index < -0.39 is 23.7 Å². The first-order chi connectivity index (χ1) is 20.1. The van der Waals surface area contributed by atoms with Gasteiger partial charge in [-0.3, -0.25) is 14.6 Å². The lowest BCUT2D eigenvalue weighted by atomic mass is 10.0. The maximum absolute atomic E-state index is 14.0. The van der Waals surface area contributed by atoms with E-state index in [4.69, 9.17) is 9.47 Å². The molecular weight excluding hydrogens is 550 g/mol. The molecule has 222 valence electrons. The molecule has 3 atom stereocenters. The van der Waals surface area contributed by atoms with Crippen molar-refractivity contribution in [1.82, 2.24) is 19.8 Å². The maximum Gasteiger partial charge on any atom is 0.323 e. The number of likely N-dealkylation sites (N-methyl/N-ethyl adjacent to an activating group) is 1. The fourth-order valence-corrected chi connectivity index (χ4v) is 4.57. The van der Waals surface area contributed by atoms with Crippen molar-refractivity contribution < 1.29 is 32.6 Å². The molecule has 11 nitrogen and oxygen atoms in total. The third-order valence-corrected chi connectivity index (χ3v) is 6.92. The van der Waals surface area contributed by atoms with Crippen LogP contribution in [-0.2, 0) is 4.74 Å². The van der Waals surface area contributed by atoms with Gasteiger partial charge in [-0.25, -0.2) is 18.6 Å². The SMILES string of the molecule is CO[C@@H]1CN(C)C(=O)c2ccc(NC(=O)Nc3cc(F)ccc3F)cc2OC[C@@H](C)N(C(=O)c2cnccn2)C[C@@H]1C. The van der Waals surface area contributed by atoms with Crippen LogP contribution in [0.4, 0.5) is 25.0 Å². The Balaban J connectivity index is 1.62. The highest BCUT2D eigenvalue weighted by Crippen LogP contribution is 2.27. The van der Waals surface area contributed by atoms with Gasteiger partial charge in [0.05, 0.1) is 29.6 Å². The lowest BCUT2D eigenvalue weighted by Crippen LogP contribution is -2.48. The summed E-state index contributed by atoms with van der Waals surface area (Å²) in [4.78, 5) is 50.7. The van der Waals surface area contributed by atoms with E-state index in [2.05, 4.69) is 20.6 Å². The molecule has 0 spiro atoms. The number of hydrogen-bond donors (Lipinski definition) is 2. The minimum absolute atomic E-state index is 0.00448. The number of nitrogens with zero attached hydrogens (tertiary/aromatic N) is 4. The molecule has 0 aliphatic carbocycles. The van der Waals surface area contributed by atoms with Crippen LogP contribution in [0.5, 0.6) is 5.75 Å². The van der Waals surface area contributed by atoms with Crippen LogP contribution in [0.25, 0.3) is 0 Å². The zero-order valence-electron chi connectivity index (χ0n) is 23.6. The van der Waals surface area contributed by atoms with Crippen LogP contribution >= 0.6 is 0 Å². The second kappa shape index (κ2) is 13.3. The van der Waals surface area contributed by atoms with Crippen molar-refractivity contribution in [2.45, 2.75) is 26.0 Å². The van der Waals surface area contributed by atoms with E-state index in [0.29, 0.717) is 6.54 Å². The van der Waals surface area contributed by atoms with Gasteiger partial charge in [-0.1, -0.05) is 6.92 Å². The van der Waals surface area contributed by atoms with Crippen molar-refractivity contribution in [3.05, 3.63) is 77.9 Å². The van der Waals surface area contributed by atoms with E-state index in [1.807, 2.05) is 13.8 Å². The third-order valence-electron chi connectivity index (χ3n) is 6.92. The zero-order valence-corrected chi connectivity index (χ0v) is 23.6. The molecule has 2 N–H and O–H groups in total. The molecule has 0 radical (unpaired) electrons. The van der Waals surface area contributed by atoms with Crippen LogP contribution in [0.15, 0.2) is 55.0 Å². The number of anilines is 2. The first-order valence-electron chi connectivity index (χ1n) is 13.2. The van der Waals surface area contributed by atoms with Crippen molar-refractivity contribution in [3.8, 4) is 5.75 Å². The number of aromatic nitrogens is 2. The molecule has 1 aliphatic heterocycles.